The van der Waals surface area contributed by atoms with Gasteiger partial charge in [0.15, 0.2) is 6.29 Å². The van der Waals surface area contributed by atoms with Crippen molar-refractivity contribution < 1.29 is 4.79 Å². The lowest BCUT2D eigenvalue weighted by molar-refractivity contribution is -0.103. The van der Waals surface area contributed by atoms with Gasteiger partial charge in [-0.1, -0.05) is 12.1 Å². The molecule has 3 nitrogen and oxygen atoms in total. The Morgan fingerprint density at radius 3 is 2.00 bits per heavy atom. The summed E-state index contributed by atoms with van der Waals surface area (Å²) in [7, 11) is 7.78. The molecule has 0 unspecified atom stereocenters. The molecular formula is C13H18N2O. The smallest absolute Gasteiger partial charge is 0.152 e. The van der Waals surface area contributed by atoms with Crippen LogP contribution in [0.15, 0.2) is 30.5 Å². The number of anilines is 1. The average Bonchev–Trinajstić information content (AvgIpc) is 2.25. The number of nitrogens with zero attached hydrogens (tertiary/aromatic N) is 2. The fourth-order valence-electron chi connectivity index (χ4n) is 1.40. The lowest BCUT2D eigenvalue weighted by atomic mass is 10.1. The predicted octanol–water partition coefficient (Wildman–Crippen LogP) is 1.85. The number of carbonyl (C=O) groups excluding carboxylic acids is 1. The van der Waals surface area contributed by atoms with E-state index in [4.69, 9.17) is 0 Å². The van der Waals surface area contributed by atoms with Crippen LogP contribution in [0.2, 0.25) is 0 Å². The third-order valence-electron chi connectivity index (χ3n) is 2.24. The van der Waals surface area contributed by atoms with Crippen molar-refractivity contribution in [2.45, 2.75) is 0 Å². The Morgan fingerprint density at radius 1 is 1.06 bits per heavy atom. The van der Waals surface area contributed by atoms with Crippen LogP contribution in [0.3, 0.4) is 0 Å². The molecule has 0 saturated heterocycles. The van der Waals surface area contributed by atoms with Gasteiger partial charge < -0.3 is 9.80 Å². The van der Waals surface area contributed by atoms with Gasteiger partial charge in [0.05, 0.1) is 0 Å². The summed E-state index contributed by atoms with van der Waals surface area (Å²) in [5.74, 6) is 0. The first-order valence-electron chi connectivity index (χ1n) is 5.16. The van der Waals surface area contributed by atoms with E-state index in [0.29, 0.717) is 5.57 Å². The molecule has 1 aromatic rings. The van der Waals surface area contributed by atoms with E-state index >= 15 is 0 Å². The van der Waals surface area contributed by atoms with Crippen molar-refractivity contribution in [2.75, 3.05) is 33.1 Å². The molecule has 0 atom stereocenters. The van der Waals surface area contributed by atoms with Crippen molar-refractivity contribution >= 4 is 17.5 Å². The zero-order valence-corrected chi connectivity index (χ0v) is 10.3. The summed E-state index contributed by atoms with van der Waals surface area (Å²) in [6, 6.07) is 7.92. The second-order valence-electron chi connectivity index (χ2n) is 4.11. The summed E-state index contributed by atoms with van der Waals surface area (Å²) >= 11 is 0. The summed E-state index contributed by atoms with van der Waals surface area (Å²) in [5, 5.41) is 0. The quantitative estimate of drug-likeness (QED) is 0.569. The molecular weight excluding hydrogens is 200 g/mol. The zero-order chi connectivity index (χ0) is 12.1. The van der Waals surface area contributed by atoms with E-state index in [9.17, 15) is 4.79 Å². The van der Waals surface area contributed by atoms with Crippen LogP contribution in [0, 0.1) is 0 Å². The van der Waals surface area contributed by atoms with Crippen molar-refractivity contribution in [3.8, 4) is 0 Å². The molecule has 0 saturated carbocycles. The van der Waals surface area contributed by atoms with E-state index in [1.807, 2.05) is 68.5 Å². The van der Waals surface area contributed by atoms with Crippen molar-refractivity contribution in [1.82, 2.24) is 4.90 Å². The molecule has 0 aromatic heterocycles. The van der Waals surface area contributed by atoms with E-state index in [1.54, 1.807) is 0 Å². The molecule has 0 heterocycles. The maximum absolute atomic E-state index is 11.0. The van der Waals surface area contributed by atoms with E-state index in [2.05, 4.69) is 0 Å². The van der Waals surface area contributed by atoms with E-state index < -0.39 is 0 Å². The van der Waals surface area contributed by atoms with Gasteiger partial charge >= 0.3 is 0 Å². The van der Waals surface area contributed by atoms with Crippen molar-refractivity contribution in [1.29, 1.82) is 0 Å². The average molecular weight is 218 g/mol. The number of hydrogen-bond acceptors (Lipinski definition) is 3. The lowest BCUT2D eigenvalue weighted by Gasteiger charge is -2.13. The molecule has 0 aliphatic heterocycles. The van der Waals surface area contributed by atoms with Gasteiger partial charge in [0, 0.05) is 45.7 Å². The number of carbonyl (C=O) groups is 1. The van der Waals surface area contributed by atoms with Gasteiger partial charge in [-0.25, -0.2) is 0 Å². The van der Waals surface area contributed by atoms with Crippen LogP contribution in [0.5, 0.6) is 0 Å². The normalized spacial score (nSPS) is 11.1. The number of hydrogen-bond donors (Lipinski definition) is 0. The summed E-state index contributed by atoms with van der Waals surface area (Å²) < 4.78 is 0. The van der Waals surface area contributed by atoms with Crippen molar-refractivity contribution in [3.63, 3.8) is 0 Å². The van der Waals surface area contributed by atoms with Gasteiger partial charge in [0.2, 0.25) is 0 Å². The molecule has 0 spiro atoms. The second-order valence-corrected chi connectivity index (χ2v) is 4.11. The summed E-state index contributed by atoms with van der Waals surface area (Å²) in [6.07, 6.45) is 2.70. The minimum absolute atomic E-state index is 0.690. The molecule has 1 rings (SSSR count). The molecule has 0 aliphatic rings. The van der Waals surface area contributed by atoms with Crippen LogP contribution in [0.4, 0.5) is 5.69 Å². The largest absolute Gasteiger partial charge is 0.383 e. The first-order chi connectivity index (χ1) is 7.54. The number of allylic oxidation sites excluding steroid dienone is 1. The van der Waals surface area contributed by atoms with Crippen molar-refractivity contribution in [3.05, 3.63) is 36.0 Å². The monoisotopic (exact) mass is 218 g/mol. The van der Waals surface area contributed by atoms with Gasteiger partial charge in [0.25, 0.3) is 0 Å². The van der Waals surface area contributed by atoms with Gasteiger partial charge in [0.1, 0.15) is 0 Å². The summed E-state index contributed by atoms with van der Waals surface area (Å²) in [6.45, 7) is 0. The van der Waals surface area contributed by atoms with Crippen molar-refractivity contribution in [2.24, 2.45) is 0 Å². The molecule has 0 radical (unpaired) electrons. The Hall–Kier alpha value is -1.77. The molecule has 0 N–H and O–H groups in total. The Labute approximate surface area is 97.0 Å². The first-order valence-corrected chi connectivity index (χ1v) is 5.16. The highest BCUT2D eigenvalue weighted by Gasteiger charge is 2.01. The Balaban J connectivity index is 3.00. The highest BCUT2D eigenvalue weighted by atomic mass is 16.1. The zero-order valence-electron chi connectivity index (χ0n) is 10.3. The molecule has 0 fully saturated rings. The first kappa shape index (κ1) is 12.3. The molecule has 0 bridgehead atoms. The van der Waals surface area contributed by atoms with Gasteiger partial charge in [-0.05, 0) is 17.7 Å². The SMILES string of the molecule is CN(C)C=C(C=O)c1ccc(N(C)C)cc1. The Bertz CT molecular complexity index is 377. The summed E-state index contributed by atoms with van der Waals surface area (Å²) in [4.78, 5) is 14.8. The van der Waals surface area contributed by atoms with Crippen LogP contribution in [-0.4, -0.2) is 39.4 Å². The molecule has 16 heavy (non-hydrogen) atoms. The second kappa shape index (κ2) is 5.35. The third kappa shape index (κ3) is 3.12. The minimum atomic E-state index is 0.690. The molecule has 0 aliphatic carbocycles. The highest BCUT2D eigenvalue weighted by molar-refractivity contribution is 6.06. The maximum atomic E-state index is 11.0. The highest BCUT2D eigenvalue weighted by Crippen LogP contribution is 2.17. The van der Waals surface area contributed by atoms with E-state index in [-0.39, 0.29) is 0 Å². The Morgan fingerprint density at radius 2 is 1.62 bits per heavy atom. The number of benzene rings is 1. The van der Waals surface area contributed by atoms with Gasteiger partial charge in [-0.3, -0.25) is 4.79 Å². The van der Waals surface area contributed by atoms with E-state index in [1.165, 1.54) is 0 Å². The molecule has 1 aromatic carbocycles. The molecule has 3 heteroatoms. The predicted molar refractivity (Wildman–Crippen MR) is 68.5 cm³/mol. The fraction of sp³-hybridized carbons (Fsp3) is 0.308. The lowest BCUT2D eigenvalue weighted by Crippen LogP contribution is -2.08. The van der Waals surface area contributed by atoms with Crippen LogP contribution in [0.25, 0.3) is 5.57 Å². The van der Waals surface area contributed by atoms with Crippen LogP contribution in [-0.2, 0) is 4.79 Å². The standard InChI is InChI=1S/C13H18N2O/c1-14(2)9-12(10-16)11-5-7-13(8-6-11)15(3)4/h5-10H,1-4H3. The third-order valence-corrected chi connectivity index (χ3v) is 2.24. The number of rotatable bonds is 4. The van der Waals surface area contributed by atoms with Gasteiger partial charge in [-0.2, -0.15) is 0 Å². The summed E-state index contributed by atoms with van der Waals surface area (Å²) in [5.41, 5.74) is 2.75. The van der Waals surface area contributed by atoms with Gasteiger partial charge in [-0.15, -0.1) is 0 Å². The number of aldehydes is 1. The topological polar surface area (TPSA) is 23.6 Å². The van der Waals surface area contributed by atoms with Crippen LogP contribution < -0.4 is 4.90 Å². The Kier molecular flexibility index (Phi) is 4.11. The van der Waals surface area contributed by atoms with Crippen LogP contribution in [0.1, 0.15) is 5.56 Å². The van der Waals surface area contributed by atoms with Crippen LogP contribution >= 0.6 is 0 Å². The van der Waals surface area contributed by atoms with E-state index in [0.717, 1.165) is 17.5 Å². The molecule has 86 valence electrons. The fourth-order valence-corrected chi connectivity index (χ4v) is 1.40. The minimum Gasteiger partial charge on any atom is -0.383 e. The molecule has 0 amide bonds. The maximum Gasteiger partial charge on any atom is 0.152 e.